The van der Waals surface area contributed by atoms with Gasteiger partial charge in [-0.1, -0.05) is 11.6 Å². The van der Waals surface area contributed by atoms with Crippen LogP contribution in [0, 0.1) is 5.82 Å². The van der Waals surface area contributed by atoms with Crippen molar-refractivity contribution in [1.29, 1.82) is 0 Å². The first kappa shape index (κ1) is 10.9. The van der Waals surface area contributed by atoms with E-state index in [1.54, 1.807) is 0 Å². The Labute approximate surface area is 102 Å². The van der Waals surface area contributed by atoms with E-state index in [-0.39, 0.29) is 21.2 Å². The third kappa shape index (κ3) is 1.64. The summed E-state index contributed by atoms with van der Waals surface area (Å²) < 4.78 is 14.2. The molecule has 15 heavy (non-hydrogen) atoms. The molecule has 0 fully saturated rings. The number of benzene rings is 1. The fourth-order valence-electron chi connectivity index (χ4n) is 1.17. The Balaban J connectivity index is 3.12. The van der Waals surface area contributed by atoms with Crippen LogP contribution >= 0.6 is 39.3 Å². The zero-order chi connectivity index (χ0) is 11.2. The summed E-state index contributed by atoms with van der Waals surface area (Å²) in [6.07, 6.45) is 0. The van der Waals surface area contributed by atoms with Gasteiger partial charge >= 0.3 is 0 Å². The molecular formula is C8H2BrCl2FN2O. The molecule has 0 radical (unpaired) electrons. The first-order valence-corrected chi connectivity index (χ1v) is 5.21. The lowest BCUT2D eigenvalue weighted by atomic mass is 10.2. The SMILES string of the molecule is O=c1c2c(F)ccc(Cl)c2nc(Cl)n1Br. The molecule has 0 atom stereocenters. The fraction of sp³-hybridized carbons (Fsp3) is 0. The minimum absolute atomic E-state index is 0.0577. The van der Waals surface area contributed by atoms with Gasteiger partial charge in [-0.05, 0) is 23.7 Å². The van der Waals surface area contributed by atoms with Crippen molar-refractivity contribution in [2.24, 2.45) is 0 Å². The maximum atomic E-state index is 13.4. The Morgan fingerprint density at radius 2 is 2.07 bits per heavy atom. The number of rotatable bonds is 0. The zero-order valence-electron chi connectivity index (χ0n) is 6.97. The molecule has 0 unspecified atom stereocenters. The molecule has 2 rings (SSSR count). The summed E-state index contributed by atoms with van der Waals surface area (Å²) in [5, 5.41) is -0.123. The van der Waals surface area contributed by atoms with Gasteiger partial charge in [0.2, 0.25) is 5.28 Å². The Bertz CT molecular complexity index is 614. The molecule has 0 aliphatic carbocycles. The molecule has 3 nitrogen and oxygen atoms in total. The summed E-state index contributed by atoms with van der Waals surface area (Å²) in [7, 11) is 0. The van der Waals surface area contributed by atoms with Crippen LogP contribution in [0.25, 0.3) is 10.9 Å². The molecule has 1 aromatic carbocycles. The highest BCUT2D eigenvalue weighted by Crippen LogP contribution is 2.23. The molecule has 0 N–H and O–H groups in total. The molecule has 0 amide bonds. The van der Waals surface area contributed by atoms with Crippen LogP contribution in [0.2, 0.25) is 10.3 Å². The van der Waals surface area contributed by atoms with Gasteiger partial charge in [0.05, 0.1) is 21.2 Å². The lowest BCUT2D eigenvalue weighted by Gasteiger charge is -2.03. The largest absolute Gasteiger partial charge is 0.275 e. The minimum Gasteiger partial charge on any atom is -0.267 e. The van der Waals surface area contributed by atoms with E-state index in [2.05, 4.69) is 21.1 Å². The highest BCUT2D eigenvalue weighted by atomic mass is 79.9. The molecule has 0 saturated carbocycles. The van der Waals surface area contributed by atoms with E-state index in [1.165, 1.54) is 6.07 Å². The van der Waals surface area contributed by atoms with Gasteiger partial charge in [0.1, 0.15) is 16.7 Å². The summed E-state index contributed by atoms with van der Waals surface area (Å²) >= 11 is 14.3. The second-order valence-corrected chi connectivity index (χ2v) is 4.17. The van der Waals surface area contributed by atoms with Gasteiger partial charge in [-0.15, -0.1) is 0 Å². The zero-order valence-corrected chi connectivity index (χ0v) is 10.1. The lowest BCUT2D eigenvalue weighted by Crippen LogP contribution is -2.16. The number of aromatic nitrogens is 2. The van der Waals surface area contributed by atoms with Crippen LogP contribution in [0.4, 0.5) is 4.39 Å². The van der Waals surface area contributed by atoms with Crippen molar-refractivity contribution in [3.8, 4) is 0 Å². The quantitative estimate of drug-likeness (QED) is 0.701. The van der Waals surface area contributed by atoms with Gasteiger partial charge in [-0.25, -0.2) is 13.0 Å². The number of fused-ring (bicyclic) bond motifs is 1. The van der Waals surface area contributed by atoms with Gasteiger partial charge in [0, 0.05) is 0 Å². The van der Waals surface area contributed by atoms with Crippen LogP contribution in [-0.2, 0) is 0 Å². The maximum Gasteiger partial charge on any atom is 0.275 e. The normalized spacial score (nSPS) is 10.9. The molecule has 0 spiro atoms. The Morgan fingerprint density at radius 1 is 1.40 bits per heavy atom. The maximum absolute atomic E-state index is 13.4. The van der Waals surface area contributed by atoms with E-state index in [1.807, 2.05) is 0 Å². The first-order chi connectivity index (χ1) is 7.02. The van der Waals surface area contributed by atoms with Gasteiger partial charge in [0.15, 0.2) is 0 Å². The standard InChI is InChI=1S/C8H2BrCl2FN2O/c9-14-7(15)5-4(12)2-1-3(10)6(5)13-8(14)11/h1-2H. The van der Waals surface area contributed by atoms with Crippen LogP contribution in [0.15, 0.2) is 16.9 Å². The molecule has 0 saturated heterocycles. The van der Waals surface area contributed by atoms with Crippen molar-refractivity contribution < 1.29 is 4.39 Å². The molecule has 0 aliphatic heterocycles. The highest BCUT2D eigenvalue weighted by molar-refractivity contribution is 9.08. The second kappa shape index (κ2) is 3.73. The van der Waals surface area contributed by atoms with Gasteiger partial charge in [-0.2, -0.15) is 0 Å². The number of nitrogens with zero attached hydrogens (tertiary/aromatic N) is 2. The number of hydrogen-bond acceptors (Lipinski definition) is 2. The summed E-state index contributed by atoms with van der Waals surface area (Å²) in [4.78, 5) is 15.4. The van der Waals surface area contributed by atoms with Crippen molar-refractivity contribution in [2.45, 2.75) is 0 Å². The van der Waals surface area contributed by atoms with E-state index in [0.717, 1.165) is 9.66 Å². The third-order valence-corrected chi connectivity index (χ3v) is 3.26. The van der Waals surface area contributed by atoms with Crippen LogP contribution in [0.1, 0.15) is 0 Å². The Morgan fingerprint density at radius 3 is 2.73 bits per heavy atom. The van der Waals surface area contributed by atoms with E-state index in [0.29, 0.717) is 0 Å². The first-order valence-electron chi connectivity index (χ1n) is 3.75. The van der Waals surface area contributed by atoms with Gasteiger partial charge in [-0.3, -0.25) is 4.79 Å². The summed E-state index contributed by atoms with van der Waals surface area (Å²) in [6, 6.07) is 2.43. The van der Waals surface area contributed by atoms with Crippen molar-refractivity contribution in [2.75, 3.05) is 0 Å². The molecule has 1 aromatic heterocycles. The van der Waals surface area contributed by atoms with Crippen LogP contribution in [-0.4, -0.2) is 8.58 Å². The number of hydrogen-bond donors (Lipinski definition) is 0. The molecule has 78 valence electrons. The molecule has 0 bridgehead atoms. The predicted molar refractivity (Wildman–Crippen MR) is 60.3 cm³/mol. The molecule has 7 heteroatoms. The average molecular weight is 312 g/mol. The van der Waals surface area contributed by atoms with E-state index < -0.39 is 11.4 Å². The summed E-state index contributed by atoms with van der Waals surface area (Å²) in [5.41, 5.74) is -0.577. The van der Waals surface area contributed by atoms with Crippen molar-refractivity contribution in [3.63, 3.8) is 0 Å². The Hall–Kier alpha value is -0.650. The monoisotopic (exact) mass is 310 g/mol. The minimum atomic E-state index is -0.684. The lowest BCUT2D eigenvalue weighted by molar-refractivity contribution is 0.638. The number of halogens is 4. The highest BCUT2D eigenvalue weighted by Gasteiger charge is 2.14. The topological polar surface area (TPSA) is 34.9 Å². The Kier molecular flexibility index (Phi) is 2.70. The molecule has 0 aliphatic rings. The van der Waals surface area contributed by atoms with Gasteiger partial charge in [0.25, 0.3) is 5.56 Å². The molecule has 1 heterocycles. The molecule has 2 aromatic rings. The smallest absolute Gasteiger partial charge is 0.267 e. The average Bonchev–Trinajstić information content (AvgIpc) is 2.20. The second-order valence-electron chi connectivity index (χ2n) is 2.72. The van der Waals surface area contributed by atoms with Crippen LogP contribution in [0.5, 0.6) is 0 Å². The molecular weight excluding hydrogens is 310 g/mol. The van der Waals surface area contributed by atoms with E-state index >= 15 is 0 Å². The van der Waals surface area contributed by atoms with Crippen LogP contribution < -0.4 is 5.56 Å². The predicted octanol–water partition coefficient (Wildman–Crippen LogP) is 3.00. The van der Waals surface area contributed by atoms with E-state index in [4.69, 9.17) is 23.2 Å². The van der Waals surface area contributed by atoms with Crippen molar-refractivity contribution >= 4 is 50.3 Å². The van der Waals surface area contributed by atoms with Crippen molar-refractivity contribution in [1.82, 2.24) is 8.58 Å². The van der Waals surface area contributed by atoms with Gasteiger partial charge < -0.3 is 0 Å². The van der Waals surface area contributed by atoms with Crippen LogP contribution in [0.3, 0.4) is 0 Å². The summed E-state index contributed by atoms with van der Waals surface area (Å²) in [6.45, 7) is 0. The third-order valence-electron chi connectivity index (χ3n) is 1.84. The summed E-state index contributed by atoms with van der Waals surface area (Å²) in [5.74, 6) is -0.684. The fourth-order valence-corrected chi connectivity index (χ4v) is 1.79. The van der Waals surface area contributed by atoms with Crippen molar-refractivity contribution in [3.05, 3.63) is 38.6 Å². The van der Waals surface area contributed by atoms with E-state index in [9.17, 15) is 9.18 Å².